The van der Waals surface area contributed by atoms with Gasteiger partial charge in [0, 0.05) is 11.8 Å². The number of amides is 1. The molecule has 1 saturated carbocycles. The molecule has 108 valence electrons. The number of carboxylic acid groups (broad SMARTS) is 1. The molecular weight excluding hydrogens is 300 g/mol. The van der Waals surface area contributed by atoms with Crippen molar-refractivity contribution in [3.63, 3.8) is 0 Å². The molecule has 3 rings (SSSR count). The van der Waals surface area contributed by atoms with E-state index in [9.17, 15) is 9.59 Å². The number of hydrogen-bond donors (Lipinski definition) is 1. The fraction of sp³-hybridized carbons (Fsp3) is 0.636. The van der Waals surface area contributed by atoms with E-state index in [2.05, 4.69) is 10.2 Å². The van der Waals surface area contributed by atoms with Gasteiger partial charge in [-0.3, -0.25) is 4.79 Å². The van der Waals surface area contributed by atoms with Crippen LogP contribution >= 0.6 is 23.5 Å². The first kappa shape index (κ1) is 13.7. The molecular formula is C11H14N4O3S2. The predicted octanol–water partition coefficient (Wildman–Crippen LogP) is 0.691. The molecule has 2 heterocycles. The summed E-state index contributed by atoms with van der Waals surface area (Å²) in [6, 6.07) is -0.230. The van der Waals surface area contributed by atoms with Crippen LogP contribution in [0, 0.1) is 0 Å². The van der Waals surface area contributed by atoms with Crippen LogP contribution in [0.1, 0.15) is 18.9 Å². The van der Waals surface area contributed by atoms with Gasteiger partial charge in [-0.1, -0.05) is 11.8 Å². The van der Waals surface area contributed by atoms with Gasteiger partial charge in [0.05, 0.1) is 11.6 Å². The van der Waals surface area contributed by atoms with Crippen LogP contribution in [0.25, 0.3) is 0 Å². The van der Waals surface area contributed by atoms with Crippen LogP contribution in [0.15, 0.2) is 11.5 Å². The summed E-state index contributed by atoms with van der Waals surface area (Å²) in [5.41, 5.74) is 0. The molecule has 1 amide bonds. The topological polar surface area (TPSA) is 88.3 Å². The maximum absolute atomic E-state index is 12.1. The van der Waals surface area contributed by atoms with Crippen LogP contribution in [-0.2, 0) is 9.59 Å². The number of rotatable bonds is 5. The van der Waals surface area contributed by atoms with Crippen molar-refractivity contribution in [1.82, 2.24) is 19.7 Å². The third kappa shape index (κ3) is 2.78. The van der Waals surface area contributed by atoms with E-state index >= 15 is 0 Å². The maximum atomic E-state index is 12.1. The number of thioether (sulfide) groups is 2. The summed E-state index contributed by atoms with van der Waals surface area (Å²) in [4.78, 5) is 24.6. The van der Waals surface area contributed by atoms with Crippen molar-refractivity contribution >= 4 is 35.4 Å². The SMILES string of the molecule is O=C(O)C1CSCN1C(=O)CSc1nncn1C1CC1. The lowest BCUT2D eigenvalue weighted by molar-refractivity contribution is -0.146. The minimum Gasteiger partial charge on any atom is -0.480 e. The molecule has 1 unspecified atom stereocenters. The van der Waals surface area contributed by atoms with Gasteiger partial charge in [-0.05, 0) is 12.8 Å². The molecule has 1 aromatic heterocycles. The lowest BCUT2D eigenvalue weighted by atomic mass is 10.3. The van der Waals surface area contributed by atoms with Crippen LogP contribution < -0.4 is 0 Å². The number of nitrogens with zero attached hydrogens (tertiary/aromatic N) is 4. The number of hydrogen-bond acceptors (Lipinski definition) is 6. The van der Waals surface area contributed by atoms with Gasteiger partial charge in [0.15, 0.2) is 5.16 Å². The predicted molar refractivity (Wildman–Crippen MR) is 74.6 cm³/mol. The molecule has 1 saturated heterocycles. The van der Waals surface area contributed by atoms with Crippen molar-refractivity contribution in [2.24, 2.45) is 0 Å². The molecule has 1 aromatic rings. The molecule has 1 N–H and O–H groups in total. The Morgan fingerprint density at radius 1 is 1.50 bits per heavy atom. The van der Waals surface area contributed by atoms with Crippen LogP contribution in [0.4, 0.5) is 0 Å². The fourth-order valence-corrected chi connectivity index (χ4v) is 4.08. The molecule has 1 aliphatic heterocycles. The minimum absolute atomic E-state index is 0.155. The summed E-state index contributed by atoms with van der Waals surface area (Å²) < 4.78 is 1.99. The summed E-state index contributed by atoms with van der Waals surface area (Å²) in [5, 5.41) is 17.7. The van der Waals surface area contributed by atoms with Gasteiger partial charge in [-0.25, -0.2) is 4.79 Å². The lowest BCUT2D eigenvalue weighted by Gasteiger charge is -2.20. The molecule has 20 heavy (non-hydrogen) atoms. The van der Waals surface area contributed by atoms with Crippen LogP contribution in [0.2, 0.25) is 0 Å². The molecule has 9 heteroatoms. The summed E-state index contributed by atoms with van der Waals surface area (Å²) in [5.74, 6) is 0.0260. The molecule has 1 atom stereocenters. The number of carboxylic acids is 1. The second kappa shape index (κ2) is 5.65. The standard InChI is InChI=1S/C11H14N4O3S2/c16-9(15-6-19-3-8(15)10(17)18)4-20-11-13-12-5-14(11)7-1-2-7/h5,7-8H,1-4,6H2,(H,17,18). The first-order chi connectivity index (χ1) is 9.66. The molecule has 2 aliphatic rings. The van der Waals surface area contributed by atoms with E-state index in [4.69, 9.17) is 5.11 Å². The van der Waals surface area contributed by atoms with Crippen molar-refractivity contribution in [3.05, 3.63) is 6.33 Å². The lowest BCUT2D eigenvalue weighted by Crippen LogP contribution is -2.42. The van der Waals surface area contributed by atoms with E-state index in [0.29, 0.717) is 17.7 Å². The van der Waals surface area contributed by atoms with Gasteiger partial charge in [-0.15, -0.1) is 22.0 Å². The monoisotopic (exact) mass is 314 g/mol. The second-order valence-corrected chi connectivity index (χ2v) is 6.70. The van der Waals surface area contributed by atoms with Gasteiger partial charge < -0.3 is 14.6 Å². The molecule has 1 aliphatic carbocycles. The van der Waals surface area contributed by atoms with E-state index in [1.54, 1.807) is 6.33 Å². The van der Waals surface area contributed by atoms with Gasteiger partial charge >= 0.3 is 5.97 Å². The molecule has 0 radical (unpaired) electrons. The van der Waals surface area contributed by atoms with Crippen LogP contribution in [0.5, 0.6) is 0 Å². The van der Waals surface area contributed by atoms with E-state index < -0.39 is 12.0 Å². The zero-order chi connectivity index (χ0) is 14.1. The highest BCUT2D eigenvalue weighted by Crippen LogP contribution is 2.37. The Morgan fingerprint density at radius 2 is 2.30 bits per heavy atom. The number of aromatic nitrogens is 3. The highest BCUT2D eigenvalue weighted by Gasteiger charge is 2.34. The summed E-state index contributed by atoms with van der Waals surface area (Å²) in [6.45, 7) is 0. The summed E-state index contributed by atoms with van der Waals surface area (Å²) in [6.07, 6.45) is 3.95. The van der Waals surface area contributed by atoms with Crippen LogP contribution in [-0.4, -0.2) is 60.1 Å². The van der Waals surface area contributed by atoms with Crippen molar-refractivity contribution in [2.45, 2.75) is 30.1 Å². The summed E-state index contributed by atoms with van der Waals surface area (Å²) in [7, 11) is 0. The fourth-order valence-electron chi connectivity index (χ4n) is 2.04. The van der Waals surface area contributed by atoms with Crippen molar-refractivity contribution in [2.75, 3.05) is 17.4 Å². The van der Waals surface area contributed by atoms with E-state index in [1.807, 2.05) is 4.57 Å². The van der Waals surface area contributed by atoms with Gasteiger partial charge in [-0.2, -0.15) is 0 Å². The van der Waals surface area contributed by atoms with Crippen LogP contribution in [0.3, 0.4) is 0 Å². The highest BCUT2D eigenvalue weighted by atomic mass is 32.2. The van der Waals surface area contributed by atoms with Gasteiger partial charge in [0.2, 0.25) is 5.91 Å². The van der Waals surface area contributed by atoms with E-state index in [-0.39, 0.29) is 11.7 Å². The third-order valence-corrected chi connectivity index (χ3v) is 5.25. The van der Waals surface area contributed by atoms with Gasteiger partial charge in [0.25, 0.3) is 0 Å². The first-order valence-electron chi connectivity index (χ1n) is 6.29. The number of carbonyl (C=O) groups excluding carboxylic acids is 1. The first-order valence-corrected chi connectivity index (χ1v) is 8.43. The van der Waals surface area contributed by atoms with Crippen molar-refractivity contribution in [1.29, 1.82) is 0 Å². The molecule has 0 aromatic carbocycles. The Bertz CT molecular complexity index is 531. The smallest absolute Gasteiger partial charge is 0.327 e. The Morgan fingerprint density at radius 3 is 3.00 bits per heavy atom. The normalized spacial score (nSPS) is 22.2. The number of aliphatic carboxylic acids is 1. The Balaban J connectivity index is 1.59. The molecule has 0 bridgehead atoms. The minimum atomic E-state index is -0.936. The van der Waals surface area contributed by atoms with Crippen molar-refractivity contribution < 1.29 is 14.7 Å². The van der Waals surface area contributed by atoms with Gasteiger partial charge in [0.1, 0.15) is 12.4 Å². The number of carbonyl (C=O) groups is 2. The van der Waals surface area contributed by atoms with E-state index in [0.717, 1.165) is 18.0 Å². The van der Waals surface area contributed by atoms with E-state index in [1.165, 1.54) is 28.4 Å². The molecule has 7 nitrogen and oxygen atoms in total. The highest BCUT2D eigenvalue weighted by molar-refractivity contribution is 8.00. The quantitative estimate of drug-likeness (QED) is 0.800. The zero-order valence-electron chi connectivity index (χ0n) is 10.6. The zero-order valence-corrected chi connectivity index (χ0v) is 12.3. The summed E-state index contributed by atoms with van der Waals surface area (Å²) >= 11 is 2.80. The Hall–Kier alpha value is -1.22. The molecule has 0 spiro atoms. The average molecular weight is 314 g/mol. The Labute approximate surface area is 124 Å². The third-order valence-electron chi connectivity index (χ3n) is 3.29. The Kier molecular flexibility index (Phi) is 3.88. The molecule has 2 fully saturated rings. The largest absolute Gasteiger partial charge is 0.480 e. The second-order valence-electron chi connectivity index (χ2n) is 4.76. The average Bonchev–Trinajstić information content (AvgIpc) is 2.97. The maximum Gasteiger partial charge on any atom is 0.327 e. The van der Waals surface area contributed by atoms with Crippen molar-refractivity contribution in [3.8, 4) is 0 Å².